The Labute approximate surface area is 654 Å². The van der Waals surface area contributed by atoms with Gasteiger partial charge in [-0.15, -0.1) is 0 Å². The molecule has 13 aromatic carbocycles. The van der Waals surface area contributed by atoms with Crippen molar-refractivity contribution in [3.05, 3.63) is 305 Å². The summed E-state index contributed by atoms with van der Waals surface area (Å²) in [6.45, 7) is 24.2. The van der Waals surface area contributed by atoms with Gasteiger partial charge in [0.2, 0.25) is 0 Å². The summed E-state index contributed by atoms with van der Waals surface area (Å²) in [6.07, 6.45) is 0. The molecule has 0 saturated heterocycles. The Bertz CT molecular complexity index is 7030. The van der Waals surface area contributed by atoms with Gasteiger partial charge in [0.1, 0.15) is 0 Å². The monoisotopic (exact) mass is 1500 g/mol. The molecule has 2 aliphatic heterocycles. The van der Waals surface area contributed by atoms with Crippen LogP contribution in [0.3, 0.4) is 0 Å². The molecule has 0 radical (unpaired) electrons. The minimum atomic E-state index is -1.47. The normalized spacial score (nSPS) is 15.5. The Hall–Kier alpha value is -10.4. The summed E-state index contributed by atoms with van der Waals surface area (Å²) >= 11 is -2.09. The van der Waals surface area contributed by atoms with Crippen molar-refractivity contribution in [3.8, 4) is 55.9 Å². The van der Waals surface area contributed by atoms with Crippen molar-refractivity contribution in [2.45, 2.75) is 106 Å². The maximum atomic E-state index is 12.0. The molecule has 4 nitrogen and oxygen atoms in total. The molecule has 19 rings (SSSR count). The molecule has 105 heavy (non-hydrogen) atoms. The first-order valence-electron chi connectivity index (χ1n) is 44.7. The number of aromatic nitrogens is 2. The molecule has 0 spiro atoms. The molecule has 17 aromatic rings. The van der Waals surface area contributed by atoms with Crippen LogP contribution in [0, 0.1) is 27.7 Å². The standard InChI is InChI=1S/C98H83BN4Se2/c1-58-34-42-81-75(46-58)89-77-48-60(3)36-44-87(77)104-94(89)100(81)69-38-40-79-83(56-69)102(92-71(62-26-18-14-19-27-62)50-66(96(5,6)7)51-72(92)63-28-20-15-21-29-63)85-54-68(98(11,12)13)55-86-91(85)99(79)80-41-39-70(101-82-43-35-59(2)47-76(82)90-78-49-61(4)37-45-88(78)105-95(90)101)57-84(80)103(86)93-73(64-30-22-16-23-31-64)52-67(97(8,9)10)53-74(93)65-32-24-17-25-33-65/h14-57H,1-13H3/i34D,35D,36D,37D,38D,39D,40D,41D,42D,43D,44D,45D,46D,47D,48D,49D,56D,57D. The van der Waals surface area contributed by atoms with Crippen LogP contribution in [0.25, 0.3) is 117 Å². The van der Waals surface area contributed by atoms with E-state index in [4.69, 9.17) is 0 Å². The zero-order chi connectivity index (χ0) is 87.5. The molecule has 0 unspecified atom stereocenters. The van der Waals surface area contributed by atoms with Gasteiger partial charge in [0.15, 0.2) is 0 Å². The molecule has 4 aromatic heterocycles. The summed E-state index contributed by atoms with van der Waals surface area (Å²) in [6, 6.07) is 47.9. The molecule has 0 saturated carbocycles. The van der Waals surface area contributed by atoms with Crippen LogP contribution >= 0.6 is 0 Å². The average molecular weight is 1500 g/mol. The van der Waals surface area contributed by atoms with Crippen molar-refractivity contribution >= 4 is 147 Å². The maximum absolute atomic E-state index is 12.0. The molecule has 6 heterocycles. The van der Waals surface area contributed by atoms with Crippen molar-refractivity contribution in [2.75, 3.05) is 9.80 Å². The van der Waals surface area contributed by atoms with Crippen LogP contribution in [0.2, 0.25) is 0 Å². The number of nitrogens with zero attached hydrogens (tertiary/aromatic N) is 4. The summed E-state index contributed by atoms with van der Waals surface area (Å²) in [5.74, 6) is 0. The fourth-order valence-electron chi connectivity index (χ4n) is 15.7. The summed E-state index contributed by atoms with van der Waals surface area (Å²) in [7, 11) is 0. The number of benzene rings is 13. The van der Waals surface area contributed by atoms with Crippen molar-refractivity contribution in [3.63, 3.8) is 0 Å². The first kappa shape index (κ1) is 48.6. The molecular weight excluding hydrogens is 1400 g/mol. The summed E-state index contributed by atoms with van der Waals surface area (Å²) in [5, 5.41) is 1.53. The molecule has 0 atom stereocenters. The van der Waals surface area contributed by atoms with Crippen LogP contribution in [-0.4, -0.2) is 44.9 Å². The summed E-state index contributed by atoms with van der Waals surface area (Å²) in [4.78, 5) is 4.11. The van der Waals surface area contributed by atoms with Gasteiger partial charge in [-0.05, 0) is 0 Å². The van der Waals surface area contributed by atoms with Gasteiger partial charge in [-0.25, -0.2) is 0 Å². The molecule has 0 N–H and O–H groups in total. The molecular formula is C98H83BN4Se2. The Morgan fingerprint density at radius 3 is 0.981 bits per heavy atom. The minimum absolute atomic E-state index is 0.0152. The van der Waals surface area contributed by atoms with E-state index in [1.165, 1.54) is 0 Å². The predicted octanol–water partition coefficient (Wildman–Crippen LogP) is 24.2. The van der Waals surface area contributed by atoms with Gasteiger partial charge in [-0.1, -0.05) is 0 Å². The summed E-state index contributed by atoms with van der Waals surface area (Å²) in [5.41, 5.74) is 9.69. The Morgan fingerprint density at radius 2 is 0.648 bits per heavy atom. The zero-order valence-corrected chi connectivity index (χ0v) is 64.1. The van der Waals surface area contributed by atoms with Crippen LogP contribution in [0.1, 0.15) is 126 Å². The van der Waals surface area contributed by atoms with Crippen LogP contribution in [0.15, 0.2) is 266 Å². The van der Waals surface area contributed by atoms with Crippen LogP contribution in [0.4, 0.5) is 34.1 Å². The van der Waals surface area contributed by atoms with Crippen LogP contribution in [-0.2, 0) is 16.2 Å². The van der Waals surface area contributed by atoms with Gasteiger partial charge in [0.25, 0.3) is 0 Å². The number of hydrogen-bond acceptors (Lipinski definition) is 2. The van der Waals surface area contributed by atoms with Crippen LogP contribution < -0.4 is 26.2 Å². The van der Waals surface area contributed by atoms with Crippen molar-refractivity contribution in [1.82, 2.24) is 9.13 Å². The second-order valence-electron chi connectivity index (χ2n) is 31.1. The van der Waals surface area contributed by atoms with Crippen LogP contribution in [0.5, 0.6) is 0 Å². The Morgan fingerprint density at radius 1 is 0.333 bits per heavy atom. The topological polar surface area (TPSA) is 16.3 Å². The number of hydrogen-bond donors (Lipinski definition) is 0. The third-order valence-electron chi connectivity index (χ3n) is 20.9. The van der Waals surface area contributed by atoms with E-state index >= 15 is 0 Å². The molecule has 2 aliphatic rings. The quantitative estimate of drug-likeness (QED) is 0.141. The zero-order valence-electron chi connectivity index (χ0n) is 78.7. The van der Waals surface area contributed by atoms with E-state index < -0.39 is 76.1 Å². The van der Waals surface area contributed by atoms with E-state index in [1.54, 1.807) is 36.8 Å². The van der Waals surface area contributed by atoms with Crippen molar-refractivity contribution in [1.29, 1.82) is 0 Å². The van der Waals surface area contributed by atoms with Gasteiger partial charge in [0, 0.05) is 0 Å². The first-order valence-corrected chi connectivity index (χ1v) is 39.1. The molecule has 0 fully saturated rings. The van der Waals surface area contributed by atoms with E-state index in [2.05, 4.69) is 109 Å². The van der Waals surface area contributed by atoms with E-state index in [0.717, 1.165) is 38.9 Å². The fourth-order valence-corrected chi connectivity index (χ4v) is 20.4. The molecule has 0 amide bonds. The SMILES string of the molecule is [2H]c1c([2H])c(-n2c3[se]c4c([2H])c([2H])c(C)c([2H])c4c3c3c([2H])c(C)c([2H])c([2H])c32)c([2H])c2c1B1c3c(cc(C(C)(C)C)cc3N(c3c(-c4ccccc4)cc(C(C)(C)C)cc3-c3ccccc3)c3c([2H])c(-n4c5[se]c6c([2H])c([2H])c(C)c([2H])c6c5c5c([2H])c(C)c([2H])c([2H])c54)c([2H])c([2H])c31)N2c1c(-c2ccccc2)cc(C(C)(C)C)cc1-c1ccccc1. The second-order valence-corrected chi connectivity index (χ2v) is 35.3. The van der Waals surface area contributed by atoms with E-state index in [9.17, 15) is 24.7 Å². The first-order chi connectivity index (χ1) is 58.2. The number of rotatable bonds is 8. The van der Waals surface area contributed by atoms with Gasteiger partial charge >= 0.3 is 658 Å². The second kappa shape index (κ2) is 24.1. The average Bonchev–Trinajstić information content (AvgIpc) is 1.66. The van der Waals surface area contributed by atoms with Crippen molar-refractivity contribution < 1.29 is 24.7 Å². The third-order valence-corrected chi connectivity index (χ3v) is 25.5. The van der Waals surface area contributed by atoms with E-state index in [1.807, 2.05) is 121 Å². The molecule has 7 heteroatoms. The van der Waals surface area contributed by atoms with Gasteiger partial charge < -0.3 is 0 Å². The Kier molecular flexibility index (Phi) is 11.2. The van der Waals surface area contributed by atoms with Gasteiger partial charge in [-0.2, -0.15) is 0 Å². The molecule has 0 aliphatic carbocycles. The van der Waals surface area contributed by atoms with E-state index in [-0.39, 0.29) is 173 Å². The fraction of sp³-hybridized carbons (Fsp3) is 0.163. The van der Waals surface area contributed by atoms with Gasteiger partial charge in [0.05, 0.1) is 0 Å². The Balaban J connectivity index is 1.09. The summed E-state index contributed by atoms with van der Waals surface area (Å²) < 4.78 is 192. The number of fused-ring (bicyclic) bond motifs is 14. The molecule has 0 bridgehead atoms. The molecule has 510 valence electrons. The number of anilines is 6. The third kappa shape index (κ3) is 10.5. The predicted molar refractivity (Wildman–Crippen MR) is 455 cm³/mol. The van der Waals surface area contributed by atoms with E-state index in [0.29, 0.717) is 78.5 Å². The van der Waals surface area contributed by atoms with Crippen molar-refractivity contribution in [2.24, 2.45) is 0 Å². The van der Waals surface area contributed by atoms with Gasteiger partial charge in [-0.3, -0.25) is 0 Å².